The summed E-state index contributed by atoms with van der Waals surface area (Å²) in [5, 5.41) is 1.00. The Morgan fingerprint density at radius 2 is 2.26 bits per heavy atom. The molecule has 0 radical (unpaired) electrons. The lowest BCUT2D eigenvalue weighted by Crippen LogP contribution is -2.42. The van der Waals surface area contributed by atoms with Crippen molar-refractivity contribution in [3.05, 3.63) is 36.0 Å². The number of piperidine rings is 1. The summed E-state index contributed by atoms with van der Waals surface area (Å²) in [5.74, 6) is 0.568. The Balaban J connectivity index is 1.87. The summed E-state index contributed by atoms with van der Waals surface area (Å²) >= 11 is 0. The lowest BCUT2D eigenvalue weighted by Gasteiger charge is -2.32. The highest BCUT2D eigenvalue weighted by molar-refractivity contribution is 6.06. The highest BCUT2D eigenvalue weighted by atomic mass is 16.2. The number of benzene rings is 1. The van der Waals surface area contributed by atoms with Gasteiger partial charge in [0.25, 0.3) is 5.91 Å². The Kier molecular flexibility index (Phi) is 3.25. The topological polar surface area (TPSA) is 62.1 Å². The minimum absolute atomic E-state index is 0.121. The van der Waals surface area contributed by atoms with Crippen molar-refractivity contribution in [3.8, 4) is 0 Å². The van der Waals surface area contributed by atoms with Gasteiger partial charge >= 0.3 is 0 Å². The number of nitrogens with zero attached hydrogens (tertiary/aromatic N) is 1. The van der Waals surface area contributed by atoms with Crippen LogP contribution in [0.2, 0.25) is 0 Å². The zero-order valence-electron chi connectivity index (χ0n) is 10.9. The van der Waals surface area contributed by atoms with Gasteiger partial charge in [0.15, 0.2) is 0 Å². The molecule has 0 bridgehead atoms. The normalized spacial score (nSPS) is 19.8. The van der Waals surface area contributed by atoms with E-state index in [0.717, 1.165) is 42.4 Å². The predicted molar refractivity (Wildman–Crippen MR) is 76.0 cm³/mol. The highest BCUT2D eigenvalue weighted by Gasteiger charge is 2.25. The van der Waals surface area contributed by atoms with Crippen molar-refractivity contribution in [1.82, 2.24) is 9.88 Å². The number of amides is 1. The van der Waals surface area contributed by atoms with Crippen LogP contribution in [0.25, 0.3) is 10.9 Å². The monoisotopic (exact) mass is 257 g/mol. The number of carbonyl (C=O) groups excluding carboxylic acids is 1. The van der Waals surface area contributed by atoms with Gasteiger partial charge in [0.05, 0.1) is 5.56 Å². The van der Waals surface area contributed by atoms with Gasteiger partial charge in [0, 0.05) is 30.2 Å². The number of H-pyrrole nitrogens is 1. The fourth-order valence-corrected chi connectivity index (χ4v) is 2.86. The summed E-state index contributed by atoms with van der Waals surface area (Å²) in [6.45, 7) is 2.29. The van der Waals surface area contributed by atoms with Crippen LogP contribution < -0.4 is 5.73 Å². The molecular formula is C15H19N3O. The maximum atomic E-state index is 12.6. The van der Waals surface area contributed by atoms with E-state index in [9.17, 15) is 4.79 Å². The third kappa shape index (κ3) is 2.24. The Bertz CT molecular complexity index is 590. The zero-order valence-corrected chi connectivity index (χ0v) is 10.9. The molecule has 0 spiro atoms. The van der Waals surface area contributed by atoms with E-state index < -0.39 is 0 Å². The number of fused-ring (bicyclic) bond motifs is 1. The van der Waals surface area contributed by atoms with E-state index in [1.807, 2.05) is 35.4 Å². The molecule has 2 aromatic rings. The second kappa shape index (κ2) is 5.05. The molecule has 0 aliphatic carbocycles. The number of nitrogens with one attached hydrogen (secondary N) is 1. The average Bonchev–Trinajstić information content (AvgIpc) is 2.90. The molecule has 1 fully saturated rings. The highest BCUT2D eigenvalue weighted by Crippen LogP contribution is 2.22. The van der Waals surface area contributed by atoms with Gasteiger partial charge in [0.2, 0.25) is 0 Å². The number of carbonyl (C=O) groups is 1. The van der Waals surface area contributed by atoms with Crippen molar-refractivity contribution < 1.29 is 4.79 Å². The fraction of sp³-hybridized carbons (Fsp3) is 0.400. The number of aromatic amines is 1. The standard InChI is InChI=1S/C15H19N3O/c16-8-11-4-3-7-18(10-11)15(19)13-9-17-14-6-2-1-5-12(13)14/h1-2,5-6,9,11,17H,3-4,7-8,10,16H2. The van der Waals surface area contributed by atoms with E-state index >= 15 is 0 Å². The molecule has 4 heteroatoms. The number of nitrogens with two attached hydrogens (primary N) is 1. The molecule has 1 aromatic heterocycles. The molecule has 1 aliphatic heterocycles. The van der Waals surface area contributed by atoms with Gasteiger partial charge in [-0.2, -0.15) is 0 Å². The summed E-state index contributed by atoms with van der Waals surface area (Å²) in [4.78, 5) is 17.7. The SMILES string of the molecule is NCC1CCCN(C(=O)c2c[nH]c3ccccc23)C1. The predicted octanol–water partition coefficient (Wildman–Crippen LogP) is 1.98. The maximum Gasteiger partial charge on any atom is 0.256 e. The number of aromatic nitrogens is 1. The quantitative estimate of drug-likeness (QED) is 0.864. The van der Waals surface area contributed by atoms with Crippen LogP contribution in [0.4, 0.5) is 0 Å². The first kappa shape index (κ1) is 12.2. The molecule has 3 N–H and O–H groups in total. The third-order valence-corrected chi connectivity index (χ3v) is 3.96. The van der Waals surface area contributed by atoms with E-state index in [1.54, 1.807) is 0 Å². The summed E-state index contributed by atoms with van der Waals surface area (Å²) in [7, 11) is 0. The molecule has 1 saturated heterocycles. The lowest BCUT2D eigenvalue weighted by molar-refractivity contribution is 0.0680. The van der Waals surface area contributed by atoms with Crippen molar-refractivity contribution in [2.24, 2.45) is 11.7 Å². The summed E-state index contributed by atoms with van der Waals surface area (Å²) in [5.41, 5.74) is 7.51. The lowest BCUT2D eigenvalue weighted by atomic mass is 9.97. The minimum atomic E-state index is 0.121. The maximum absolute atomic E-state index is 12.6. The van der Waals surface area contributed by atoms with Crippen molar-refractivity contribution in [1.29, 1.82) is 0 Å². The smallest absolute Gasteiger partial charge is 0.256 e. The fourth-order valence-electron chi connectivity index (χ4n) is 2.86. The Morgan fingerprint density at radius 3 is 3.11 bits per heavy atom. The molecule has 0 saturated carbocycles. The molecule has 1 amide bonds. The number of para-hydroxylation sites is 1. The van der Waals surface area contributed by atoms with Crippen molar-refractivity contribution in [2.45, 2.75) is 12.8 Å². The number of hydrogen-bond acceptors (Lipinski definition) is 2. The van der Waals surface area contributed by atoms with Gasteiger partial charge in [-0.3, -0.25) is 4.79 Å². The van der Waals surface area contributed by atoms with Gasteiger partial charge in [-0.1, -0.05) is 18.2 Å². The van der Waals surface area contributed by atoms with Gasteiger partial charge in [-0.15, -0.1) is 0 Å². The number of rotatable bonds is 2. The van der Waals surface area contributed by atoms with E-state index in [0.29, 0.717) is 12.5 Å². The third-order valence-electron chi connectivity index (χ3n) is 3.96. The second-order valence-corrected chi connectivity index (χ2v) is 5.24. The van der Waals surface area contributed by atoms with Crippen LogP contribution >= 0.6 is 0 Å². The van der Waals surface area contributed by atoms with Crippen LogP contribution in [0, 0.1) is 5.92 Å². The van der Waals surface area contributed by atoms with Gasteiger partial charge < -0.3 is 15.6 Å². The average molecular weight is 257 g/mol. The molecule has 1 aliphatic rings. The largest absolute Gasteiger partial charge is 0.360 e. The first-order valence-corrected chi connectivity index (χ1v) is 6.85. The van der Waals surface area contributed by atoms with Gasteiger partial charge in [0.1, 0.15) is 0 Å². The molecular weight excluding hydrogens is 238 g/mol. The number of likely N-dealkylation sites (tertiary alicyclic amines) is 1. The molecule has 1 aromatic carbocycles. The summed E-state index contributed by atoms with van der Waals surface area (Å²) < 4.78 is 0. The first-order chi connectivity index (χ1) is 9.29. The van der Waals surface area contributed by atoms with E-state index in [1.165, 1.54) is 0 Å². The van der Waals surface area contributed by atoms with E-state index in [4.69, 9.17) is 5.73 Å². The van der Waals surface area contributed by atoms with Crippen LogP contribution in [0.15, 0.2) is 30.5 Å². The van der Waals surface area contributed by atoms with Crippen LogP contribution in [-0.2, 0) is 0 Å². The van der Waals surface area contributed by atoms with Crippen molar-refractivity contribution in [3.63, 3.8) is 0 Å². The summed E-state index contributed by atoms with van der Waals surface area (Å²) in [6.07, 6.45) is 4.00. The first-order valence-electron chi connectivity index (χ1n) is 6.85. The van der Waals surface area contributed by atoms with Gasteiger partial charge in [-0.25, -0.2) is 0 Å². The molecule has 2 heterocycles. The molecule has 3 rings (SSSR count). The second-order valence-electron chi connectivity index (χ2n) is 5.24. The van der Waals surface area contributed by atoms with Crippen molar-refractivity contribution >= 4 is 16.8 Å². The molecule has 4 nitrogen and oxygen atoms in total. The van der Waals surface area contributed by atoms with E-state index in [2.05, 4.69) is 4.98 Å². The zero-order chi connectivity index (χ0) is 13.2. The molecule has 1 unspecified atom stereocenters. The van der Waals surface area contributed by atoms with Crippen LogP contribution in [0.3, 0.4) is 0 Å². The van der Waals surface area contributed by atoms with Crippen LogP contribution in [-0.4, -0.2) is 35.4 Å². The Morgan fingerprint density at radius 1 is 1.42 bits per heavy atom. The van der Waals surface area contributed by atoms with Crippen molar-refractivity contribution in [2.75, 3.05) is 19.6 Å². The van der Waals surface area contributed by atoms with Crippen LogP contribution in [0.1, 0.15) is 23.2 Å². The molecule has 19 heavy (non-hydrogen) atoms. The van der Waals surface area contributed by atoms with E-state index in [-0.39, 0.29) is 5.91 Å². The Hall–Kier alpha value is -1.81. The number of hydrogen-bond donors (Lipinski definition) is 2. The summed E-state index contributed by atoms with van der Waals surface area (Å²) in [6, 6.07) is 7.92. The Labute approximate surface area is 112 Å². The molecule has 100 valence electrons. The van der Waals surface area contributed by atoms with Gasteiger partial charge in [-0.05, 0) is 31.4 Å². The molecule has 1 atom stereocenters. The minimum Gasteiger partial charge on any atom is -0.360 e. The van der Waals surface area contributed by atoms with Crippen LogP contribution in [0.5, 0.6) is 0 Å².